The van der Waals surface area contributed by atoms with E-state index >= 15 is 0 Å². The summed E-state index contributed by atoms with van der Waals surface area (Å²) in [6.07, 6.45) is 5.02. The molecule has 0 unspecified atom stereocenters. The van der Waals surface area contributed by atoms with Crippen LogP contribution in [0.3, 0.4) is 0 Å². The van der Waals surface area contributed by atoms with Gasteiger partial charge in [0.25, 0.3) is 0 Å². The van der Waals surface area contributed by atoms with Gasteiger partial charge in [0.15, 0.2) is 5.75 Å². The Morgan fingerprint density at radius 3 is 2.72 bits per heavy atom. The number of carbonyl (C=O) groups is 1. The molecule has 10 heteroatoms. The molecule has 0 atom stereocenters. The van der Waals surface area contributed by atoms with E-state index in [-0.39, 0.29) is 11.3 Å². The highest BCUT2D eigenvalue weighted by Crippen LogP contribution is 2.24. The lowest BCUT2D eigenvalue weighted by Gasteiger charge is -2.22. The van der Waals surface area contributed by atoms with E-state index in [1.165, 1.54) is 5.06 Å². The fourth-order valence-electron chi connectivity index (χ4n) is 2.58. The predicted molar refractivity (Wildman–Crippen MR) is 108 cm³/mol. The largest absolute Gasteiger partial charge is 0.374 e. The molecule has 1 aromatic heterocycles. The van der Waals surface area contributed by atoms with Crippen LogP contribution in [-0.2, 0) is 5.41 Å². The first-order valence-corrected chi connectivity index (χ1v) is 8.96. The molecule has 4 rings (SSSR count). The molecule has 2 aliphatic rings. The minimum absolute atomic E-state index is 0.161. The summed E-state index contributed by atoms with van der Waals surface area (Å²) in [6.45, 7) is 6.05. The zero-order valence-corrected chi connectivity index (χ0v) is 16.2. The third-order valence-corrected chi connectivity index (χ3v) is 4.14. The van der Waals surface area contributed by atoms with Gasteiger partial charge in [-0.25, -0.2) is 9.79 Å². The van der Waals surface area contributed by atoms with Crippen LogP contribution in [0.1, 0.15) is 26.5 Å². The standard InChI is InChI=1S/C19H21N7O3/c1-19(2,3)16-8-17(28-25-16)23-18(27)22-12-4-6-13(7-5-12)29-26-11-20-9-14-15(26)10-21-24-14/h4-11,21,24H,1-3H3,(H2,22,23,27). The van der Waals surface area contributed by atoms with Crippen LogP contribution in [0.25, 0.3) is 0 Å². The van der Waals surface area contributed by atoms with Crippen LogP contribution in [0.5, 0.6) is 5.75 Å². The number of fused-ring (bicyclic) bond motifs is 1. The number of hydrazine groups is 1. The second-order valence-corrected chi connectivity index (χ2v) is 7.45. The van der Waals surface area contributed by atoms with E-state index in [9.17, 15) is 4.79 Å². The molecular formula is C19H21N7O3. The summed E-state index contributed by atoms with van der Waals surface area (Å²) >= 11 is 0. The predicted octanol–water partition coefficient (Wildman–Crippen LogP) is 3.04. The van der Waals surface area contributed by atoms with Crippen molar-refractivity contribution in [3.63, 3.8) is 0 Å². The summed E-state index contributed by atoms with van der Waals surface area (Å²) in [4.78, 5) is 22.1. The van der Waals surface area contributed by atoms with Gasteiger partial charge in [0.05, 0.1) is 11.9 Å². The number of hydrogen-bond donors (Lipinski definition) is 4. The monoisotopic (exact) mass is 395 g/mol. The zero-order chi connectivity index (χ0) is 20.4. The minimum atomic E-state index is -0.429. The first kappa shape index (κ1) is 18.4. The van der Waals surface area contributed by atoms with E-state index in [1.54, 1.807) is 49.1 Å². The maximum Gasteiger partial charge on any atom is 0.326 e. The summed E-state index contributed by atoms with van der Waals surface area (Å²) in [5, 5.41) is 10.9. The van der Waals surface area contributed by atoms with Gasteiger partial charge in [0, 0.05) is 23.4 Å². The van der Waals surface area contributed by atoms with Gasteiger partial charge in [0.1, 0.15) is 17.7 Å². The lowest BCUT2D eigenvalue weighted by atomic mass is 9.92. The number of amides is 2. The number of urea groups is 1. The zero-order valence-electron chi connectivity index (χ0n) is 16.2. The molecule has 150 valence electrons. The smallest absolute Gasteiger partial charge is 0.326 e. The van der Waals surface area contributed by atoms with Crippen molar-refractivity contribution in [3.8, 4) is 5.75 Å². The molecule has 1 aromatic carbocycles. The molecule has 0 fully saturated rings. The highest BCUT2D eigenvalue weighted by molar-refractivity contribution is 5.98. The van der Waals surface area contributed by atoms with Crippen molar-refractivity contribution in [2.24, 2.45) is 4.99 Å². The molecule has 0 aliphatic carbocycles. The van der Waals surface area contributed by atoms with Gasteiger partial charge < -0.3 is 20.1 Å². The molecule has 2 aromatic rings. The lowest BCUT2D eigenvalue weighted by molar-refractivity contribution is 0.0646. The molecule has 2 aliphatic heterocycles. The number of hydrogen-bond acceptors (Lipinski definition) is 8. The molecular weight excluding hydrogens is 374 g/mol. The summed E-state index contributed by atoms with van der Waals surface area (Å²) in [7, 11) is 0. The Kier molecular flexibility index (Phi) is 4.59. The molecule has 0 bridgehead atoms. The van der Waals surface area contributed by atoms with Crippen LogP contribution in [0.15, 0.2) is 63.6 Å². The van der Waals surface area contributed by atoms with Gasteiger partial charge in [0.2, 0.25) is 5.88 Å². The normalized spacial score (nSPS) is 14.9. The highest BCUT2D eigenvalue weighted by atomic mass is 16.7. The van der Waals surface area contributed by atoms with Crippen molar-refractivity contribution in [3.05, 3.63) is 59.8 Å². The van der Waals surface area contributed by atoms with Crippen molar-refractivity contribution in [1.29, 1.82) is 0 Å². The molecule has 29 heavy (non-hydrogen) atoms. The topological polar surface area (TPSA) is 116 Å². The number of anilines is 2. The number of benzene rings is 1. The third kappa shape index (κ3) is 4.15. The van der Waals surface area contributed by atoms with Crippen molar-refractivity contribution in [2.75, 3.05) is 10.6 Å². The van der Waals surface area contributed by atoms with Crippen LogP contribution in [-0.4, -0.2) is 22.6 Å². The number of nitrogens with one attached hydrogen (secondary N) is 4. The summed E-state index contributed by atoms with van der Waals surface area (Å²) in [6, 6.07) is 8.22. The average Bonchev–Trinajstić information content (AvgIpc) is 3.33. The maximum absolute atomic E-state index is 12.2. The van der Waals surface area contributed by atoms with Gasteiger partial charge in [-0.2, -0.15) is 5.06 Å². The van der Waals surface area contributed by atoms with Gasteiger partial charge in [-0.1, -0.05) is 25.9 Å². The first-order valence-electron chi connectivity index (χ1n) is 8.96. The number of aromatic nitrogens is 1. The molecule has 0 spiro atoms. The Hall–Kier alpha value is -3.95. The SMILES string of the molecule is CC(C)(C)c1cc(NC(=O)Nc2ccc(ON3C=NC=C4NNC=C43)cc2)on1. The fourth-order valence-corrected chi connectivity index (χ4v) is 2.58. The second kappa shape index (κ2) is 7.23. The van der Waals surface area contributed by atoms with Crippen LogP contribution in [0, 0.1) is 0 Å². The fraction of sp³-hybridized carbons (Fsp3) is 0.211. The van der Waals surface area contributed by atoms with Crippen molar-refractivity contribution >= 4 is 23.9 Å². The second-order valence-electron chi connectivity index (χ2n) is 7.45. The van der Waals surface area contributed by atoms with E-state index in [4.69, 9.17) is 9.36 Å². The van der Waals surface area contributed by atoms with E-state index in [0.29, 0.717) is 11.4 Å². The number of carbonyl (C=O) groups excluding carboxylic acids is 1. The van der Waals surface area contributed by atoms with E-state index in [0.717, 1.165) is 17.1 Å². The number of rotatable bonds is 4. The molecule has 4 N–H and O–H groups in total. The van der Waals surface area contributed by atoms with Gasteiger partial charge in [-0.05, 0) is 24.3 Å². The quantitative estimate of drug-likeness (QED) is 0.629. The molecule has 3 heterocycles. The Morgan fingerprint density at radius 2 is 2.00 bits per heavy atom. The number of aliphatic imine (C=N–C) groups is 1. The van der Waals surface area contributed by atoms with Crippen molar-refractivity contribution in [2.45, 2.75) is 26.2 Å². The third-order valence-electron chi connectivity index (χ3n) is 4.14. The average molecular weight is 395 g/mol. The van der Waals surface area contributed by atoms with Crippen LogP contribution >= 0.6 is 0 Å². The lowest BCUT2D eigenvalue weighted by Crippen LogP contribution is -2.29. The molecule has 10 nitrogen and oxygen atoms in total. The molecule has 0 saturated carbocycles. The summed E-state index contributed by atoms with van der Waals surface area (Å²) < 4.78 is 5.16. The summed E-state index contributed by atoms with van der Waals surface area (Å²) in [5.41, 5.74) is 8.66. The van der Waals surface area contributed by atoms with Crippen LogP contribution in [0.4, 0.5) is 16.4 Å². The maximum atomic E-state index is 12.2. The van der Waals surface area contributed by atoms with E-state index in [1.807, 2.05) is 20.8 Å². The molecule has 2 amide bonds. The van der Waals surface area contributed by atoms with Crippen LogP contribution in [0.2, 0.25) is 0 Å². The van der Waals surface area contributed by atoms with Crippen molar-refractivity contribution < 1.29 is 14.2 Å². The van der Waals surface area contributed by atoms with Crippen LogP contribution < -0.4 is 26.3 Å². The Morgan fingerprint density at radius 1 is 1.21 bits per heavy atom. The number of hydroxylamine groups is 2. The number of nitrogens with zero attached hydrogens (tertiary/aromatic N) is 3. The van der Waals surface area contributed by atoms with Gasteiger partial charge in [-0.15, -0.1) is 0 Å². The molecule has 0 saturated heterocycles. The molecule has 0 radical (unpaired) electrons. The van der Waals surface area contributed by atoms with Gasteiger partial charge in [-0.3, -0.25) is 10.7 Å². The Labute approximate surface area is 167 Å². The minimum Gasteiger partial charge on any atom is -0.374 e. The summed E-state index contributed by atoms with van der Waals surface area (Å²) in [5.74, 6) is 0.870. The van der Waals surface area contributed by atoms with Gasteiger partial charge >= 0.3 is 6.03 Å². The first-order chi connectivity index (χ1) is 13.9. The Bertz CT molecular complexity index is 1000. The van der Waals surface area contributed by atoms with E-state index < -0.39 is 6.03 Å². The highest BCUT2D eigenvalue weighted by Gasteiger charge is 2.22. The van der Waals surface area contributed by atoms with Crippen molar-refractivity contribution in [1.82, 2.24) is 21.1 Å². The Balaban J connectivity index is 1.33. The van der Waals surface area contributed by atoms with E-state index in [2.05, 4.69) is 31.6 Å².